The van der Waals surface area contributed by atoms with Crippen LogP contribution in [0.15, 0.2) is 18.2 Å². The Morgan fingerprint density at radius 3 is 2.76 bits per heavy atom. The minimum Gasteiger partial charge on any atom is -0.494 e. The third kappa shape index (κ3) is 3.97. The number of rotatable bonds is 7. The summed E-state index contributed by atoms with van der Waals surface area (Å²) < 4.78 is 19.4. The summed E-state index contributed by atoms with van der Waals surface area (Å²) in [6.45, 7) is 5.34. The molecule has 0 radical (unpaired) electrons. The van der Waals surface area contributed by atoms with E-state index in [1.54, 1.807) is 6.07 Å². The molecular weight excluding hydrogens is 265 g/mol. The maximum Gasteiger partial charge on any atom is 0.168 e. The van der Waals surface area contributed by atoms with Crippen LogP contribution >= 0.6 is 0 Å². The molecule has 3 unspecified atom stereocenters. The maximum atomic E-state index is 14.4. The highest BCUT2D eigenvalue weighted by atomic mass is 19.1. The molecule has 3 heteroatoms. The van der Waals surface area contributed by atoms with Gasteiger partial charge in [-0.25, -0.2) is 4.39 Å². The highest BCUT2D eigenvalue weighted by Gasteiger charge is 2.30. The fraction of sp³-hybridized carbons (Fsp3) is 0.667. The van der Waals surface area contributed by atoms with E-state index < -0.39 is 0 Å². The molecule has 0 aromatic heterocycles. The summed E-state index contributed by atoms with van der Waals surface area (Å²) >= 11 is 0. The van der Waals surface area contributed by atoms with E-state index in [0.717, 1.165) is 24.4 Å². The summed E-state index contributed by atoms with van der Waals surface area (Å²) in [4.78, 5) is 0. The Kier molecular flexibility index (Phi) is 6.04. The van der Waals surface area contributed by atoms with Gasteiger partial charge in [0.05, 0.1) is 7.11 Å². The van der Waals surface area contributed by atoms with Crippen molar-refractivity contribution >= 4 is 0 Å². The lowest BCUT2D eigenvalue weighted by molar-refractivity contribution is 0.341. The molecule has 3 atom stereocenters. The van der Waals surface area contributed by atoms with Gasteiger partial charge in [-0.15, -0.1) is 0 Å². The minimum absolute atomic E-state index is 0.201. The molecule has 1 N–H and O–H groups in total. The van der Waals surface area contributed by atoms with Crippen LogP contribution in [0, 0.1) is 17.7 Å². The van der Waals surface area contributed by atoms with Gasteiger partial charge in [0.25, 0.3) is 0 Å². The first-order valence-corrected chi connectivity index (χ1v) is 8.24. The van der Waals surface area contributed by atoms with Gasteiger partial charge in [-0.05, 0) is 49.3 Å². The quantitative estimate of drug-likeness (QED) is 0.814. The van der Waals surface area contributed by atoms with Gasteiger partial charge in [0.2, 0.25) is 0 Å². The molecule has 1 aromatic carbocycles. The largest absolute Gasteiger partial charge is 0.494 e. The molecule has 2 nitrogen and oxygen atoms in total. The Hall–Kier alpha value is -1.09. The van der Waals surface area contributed by atoms with Gasteiger partial charge in [0, 0.05) is 6.04 Å². The van der Waals surface area contributed by atoms with Crippen molar-refractivity contribution in [1.82, 2.24) is 5.32 Å². The van der Waals surface area contributed by atoms with E-state index in [2.05, 4.69) is 19.2 Å². The smallest absolute Gasteiger partial charge is 0.168 e. The molecule has 2 rings (SSSR count). The number of ether oxygens (including phenoxy) is 1. The third-order valence-corrected chi connectivity index (χ3v) is 4.90. The van der Waals surface area contributed by atoms with Crippen LogP contribution in [0.1, 0.15) is 45.1 Å². The summed E-state index contributed by atoms with van der Waals surface area (Å²) in [6, 6.07) is 5.82. The van der Waals surface area contributed by atoms with Gasteiger partial charge in [-0.2, -0.15) is 0 Å². The van der Waals surface area contributed by atoms with E-state index in [9.17, 15) is 4.39 Å². The SMILES string of the molecule is CCNC(Cc1cccc(OC)c1F)C1CCC(CC)C1. The van der Waals surface area contributed by atoms with Crippen molar-refractivity contribution in [3.63, 3.8) is 0 Å². The summed E-state index contributed by atoms with van der Waals surface area (Å²) in [5, 5.41) is 3.57. The minimum atomic E-state index is -0.201. The first-order chi connectivity index (χ1) is 10.2. The molecule has 0 heterocycles. The van der Waals surface area contributed by atoms with Crippen LogP contribution in [0.3, 0.4) is 0 Å². The van der Waals surface area contributed by atoms with E-state index in [-0.39, 0.29) is 5.82 Å². The lowest BCUT2D eigenvalue weighted by atomic mass is 9.90. The molecule has 0 spiro atoms. The predicted molar refractivity (Wildman–Crippen MR) is 85.2 cm³/mol. The van der Waals surface area contributed by atoms with Crippen molar-refractivity contribution < 1.29 is 9.13 Å². The highest BCUT2D eigenvalue weighted by molar-refractivity contribution is 5.31. The highest BCUT2D eigenvalue weighted by Crippen LogP contribution is 2.36. The van der Waals surface area contributed by atoms with Gasteiger partial charge in [0.1, 0.15) is 0 Å². The molecule has 1 fully saturated rings. The molecule has 0 saturated heterocycles. The lowest BCUT2D eigenvalue weighted by Gasteiger charge is -2.25. The van der Waals surface area contributed by atoms with Crippen molar-refractivity contribution in [3.8, 4) is 5.75 Å². The molecule has 0 bridgehead atoms. The van der Waals surface area contributed by atoms with Crippen molar-refractivity contribution in [2.45, 2.75) is 52.0 Å². The number of hydrogen-bond donors (Lipinski definition) is 1. The first-order valence-electron chi connectivity index (χ1n) is 8.24. The van der Waals surface area contributed by atoms with Crippen LogP contribution in [-0.2, 0) is 6.42 Å². The maximum absolute atomic E-state index is 14.4. The average molecular weight is 293 g/mol. The van der Waals surface area contributed by atoms with Crippen LogP contribution in [0.5, 0.6) is 5.75 Å². The number of likely N-dealkylation sites (N-methyl/N-ethyl adjacent to an activating group) is 1. The number of methoxy groups -OCH3 is 1. The second-order valence-electron chi connectivity index (χ2n) is 6.15. The normalized spacial score (nSPS) is 23.2. The standard InChI is InChI=1S/C18H28FNO/c1-4-13-9-10-14(11-13)16(20-5-2)12-15-7-6-8-17(21-3)18(15)19/h6-8,13-14,16,20H,4-5,9-12H2,1-3H3. The summed E-state index contributed by atoms with van der Waals surface area (Å²) in [7, 11) is 1.52. The van der Waals surface area contributed by atoms with Crippen molar-refractivity contribution in [1.29, 1.82) is 0 Å². The van der Waals surface area contributed by atoms with Crippen LogP contribution in [0.2, 0.25) is 0 Å². The second-order valence-corrected chi connectivity index (χ2v) is 6.15. The van der Waals surface area contributed by atoms with Crippen molar-refractivity contribution in [2.24, 2.45) is 11.8 Å². The van der Waals surface area contributed by atoms with Gasteiger partial charge >= 0.3 is 0 Å². The fourth-order valence-electron chi connectivity index (χ4n) is 3.63. The average Bonchev–Trinajstić information content (AvgIpc) is 2.97. The Morgan fingerprint density at radius 1 is 1.33 bits per heavy atom. The van der Waals surface area contributed by atoms with E-state index in [1.165, 1.54) is 32.8 Å². The van der Waals surface area contributed by atoms with E-state index >= 15 is 0 Å². The zero-order valence-electron chi connectivity index (χ0n) is 13.5. The Balaban J connectivity index is 2.09. The third-order valence-electron chi connectivity index (χ3n) is 4.90. The molecule has 1 saturated carbocycles. The molecule has 0 amide bonds. The van der Waals surface area contributed by atoms with Gasteiger partial charge in [0.15, 0.2) is 11.6 Å². The number of hydrogen-bond acceptors (Lipinski definition) is 2. The molecule has 1 aromatic rings. The second kappa shape index (κ2) is 7.79. The van der Waals surface area contributed by atoms with Crippen LogP contribution in [0.4, 0.5) is 4.39 Å². The summed E-state index contributed by atoms with van der Waals surface area (Å²) in [5.74, 6) is 1.67. The first kappa shape index (κ1) is 16.3. The molecule has 1 aliphatic rings. The number of benzene rings is 1. The molecule has 1 aliphatic carbocycles. The Bertz CT molecular complexity index is 449. The molecular formula is C18H28FNO. The van der Waals surface area contributed by atoms with Gasteiger partial charge in [-0.1, -0.05) is 38.8 Å². The molecule has 0 aliphatic heterocycles. The Morgan fingerprint density at radius 2 is 2.14 bits per heavy atom. The van der Waals surface area contributed by atoms with E-state index in [1.807, 2.05) is 12.1 Å². The van der Waals surface area contributed by atoms with Crippen molar-refractivity contribution in [2.75, 3.05) is 13.7 Å². The molecule has 21 heavy (non-hydrogen) atoms. The topological polar surface area (TPSA) is 21.3 Å². The number of halogens is 1. The van der Waals surface area contributed by atoms with Crippen LogP contribution in [-0.4, -0.2) is 19.7 Å². The summed E-state index contributed by atoms with van der Waals surface area (Å²) in [6.07, 6.45) is 5.88. The van der Waals surface area contributed by atoms with E-state index in [0.29, 0.717) is 17.7 Å². The zero-order chi connectivity index (χ0) is 15.2. The Labute approximate surface area is 128 Å². The van der Waals surface area contributed by atoms with Gasteiger partial charge in [-0.3, -0.25) is 0 Å². The lowest BCUT2D eigenvalue weighted by Crippen LogP contribution is -2.37. The zero-order valence-corrected chi connectivity index (χ0v) is 13.5. The molecule has 118 valence electrons. The van der Waals surface area contributed by atoms with Crippen LogP contribution in [0.25, 0.3) is 0 Å². The monoisotopic (exact) mass is 293 g/mol. The van der Waals surface area contributed by atoms with Crippen molar-refractivity contribution in [3.05, 3.63) is 29.6 Å². The predicted octanol–water partition coefficient (Wildman–Crippen LogP) is 4.18. The van der Waals surface area contributed by atoms with Gasteiger partial charge < -0.3 is 10.1 Å². The van der Waals surface area contributed by atoms with Crippen LogP contribution < -0.4 is 10.1 Å². The van der Waals surface area contributed by atoms with E-state index in [4.69, 9.17) is 4.74 Å². The number of nitrogens with one attached hydrogen (secondary N) is 1. The summed E-state index contributed by atoms with van der Waals surface area (Å²) in [5.41, 5.74) is 0.764. The fourth-order valence-corrected chi connectivity index (χ4v) is 3.63.